The average molecular weight is 431 g/mol. The molecule has 160 valence electrons. The summed E-state index contributed by atoms with van der Waals surface area (Å²) >= 11 is 0. The van der Waals surface area contributed by atoms with Gasteiger partial charge in [0.15, 0.2) is 9.84 Å². The fourth-order valence-corrected chi connectivity index (χ4v) is 4.14. The molecule has 0 bridgehead atoms. The quantitative estimate of drug-likeness (QED) is 0.760. The van der Waals surface area contributed by atoms with Gasteiger partial charge in [0.25, 0.3) is 5.91 Å². The number of amides is 2. The molecule has 2 aromatic rings. The van der Waals surface area contributed by atoms with Crippen molar-refractivity contribution in [1.29, 1.82) is 0 Å². The molecule has 0 radical (unpaired) electrons. The van der Waals surface area contributed by atoms with E-state index in [2.05, 4.69) is 5.32 Å². The zero-order valence-corrected chi connectivity index (χ0v) is 17.9. The SMILES string of the molecule is COc1cccc(CN2CCC(NC(=O)c3cccc(S(C)(=O)=O)c3)CCC2=O)c1. The molecule has 1 N–H and O–H groups in total. The summed E-state index contributed by atoms with van der Waals surface area (Å²) in [4.78, 5) is 27.1. The van der Waals surface area contributed by atoms with Gasteiger partial charge in [0.1, 0.15) is 5.75 Å². The Morgan fingerprint density at radius 3 is 2.67 bits per heavy atom. The zero-order valence-electron chi connectivity index (χ0n) is 17.1. The predicted molar refractivity (Wildman–Crippen MR) is 113 cm³/mol. The standard InChI is InChI=1S/C22H26N2O5S/c1-29-19-7-3-5-16(13-19)15-24-12-11-18(9-10-21(24)25)23-22(26)17-6-4-8-20(14-17)30(2,27)28/h3-8,13-14,18H,9-12,15H2,1-2H3,(H,23,26). The maximum atomic E-state index is 12.6. The van der Waals surface area contributed by atoms with E-state index in [9.17, 15) is 18.0 Å². The lowest BCUT2D eigenvalue weighted by atomic mass is 10.1. The molecular formula is C22H26N2O5S. The van der Waals surface area contributed by atoms with Gasteiger partial charge in [0.05, 0.1) is 12.0 Å². The van der Waals surface area contributed by atoms with Gasteiger partial charge in [-0.2, -0.15) is 0 Å². The Morgan fingerprint density at radius 2 is 1.93 bits per heavy atom. The summed E-state index contributed by atoms with van der Waals surface area (Å²) in [7, 11) is -1.78. The monoisotopic (exact) mass is 430 g/mol. The molecule has 3 rings (SSSR count). The van der Waals surface area contributed by atoms with Crippen molar-refractivity contribution in [3.63, 3.8) is 0 Å². The molecule has 2 amide bonds. The number of carbonyl (C=O) groups excluding carboxylic acids is 2. The van der Waals surface area contributed by atoms with E-state index in [0.29, 0.717) is 37.9 Å². The second kappa shape index (κ2) is 9.30. The minimum atomic E-state index is -3.39. The Hall–Kier alpha value is -2.87. The van der Waals surface area contributed by atoms with E-state index in [1.54, 1.807) is 24.1 Å². The van der Waals surface area contributed by atoms with E-state index in [1.165, 1.54) is 12.1 Å². The van der Waals surface area contributed by atoms with Gasteiger partial charge < -0.3 is 15.0 Å². The highest BCUT2D eigenvalue weighted by molar-refractivity contribution is 7.90. The van der Waals surface area contributed by atoms with Gasteiger partial charge in [-0.05, 0) is 48.7 Å². The van der Waals surface area contributed by atoms with Crippen molar-refractivity contribution >= 4 is 21.7 Å². The van der Waals surface area contributed by atoms with Crippen LogP contribution in [0.5, 0.6) is 5.75 Å². The molecule has 0 aromatic heterocycles. The molecule has 1 saturated heterocycles. The third-order valence-corrected chi connectivity index (χ3v) is 6.28. The van der Waals surface area contributed by atoms with Crippen molar-refractivity contribution in [3.8, 4) is 5.75 Å². The lowest BCUT2D eigenvalue weighted by Gasteiger charge is -2.21. The summed E-state index contributed by atoms with van der Waals surface area (Å²) in [6, 6.07) is 13.4. The Morgan fingerprint density at radius 1 is 1.17 bits per heavy atom. The van der Waals surface area contributed by atoms with Gasteiger partial charge in [0, 0.05) is 37.4 Å². The summed E-state index contributed by atoms with van der Waals surface area (Å²) in [5, 5.41) is 2.94. The Kier molecular flexibility index (Phi) is 6.77. The van der Waals surface area contributed by atoms with Crippen LogP contribution in [0.4, 0.5) is 0 Å². The van der Waals surface area contributed by atoms with Crippen molar-refractivity contribution in [1.82, 2.24) is 10.2 Å². The number of ether oxygens (including phenoxy) is 1. The minimum Gasteiger partial charge on any atom is -0.497 e. The number of hydrogen-bond acceptors (Lipinski definition) is 5. The topological polar surface area (TPSA) is 92.8 Å². The Labute approximate surface area is 177 Å². The molecule has 1 atom stereocenters. The molecule has 2 aromatic carbocycles. The van der Waals surface area contributed by atoms with Crippen molar-refractivity contribution in [2.45, 2.75) is 36.7 Å². The van der Waals surface area contributed by atoms with Gasteiger partial charge in [-0.1, -0.05) is 18.2 Å². The largest absolute Gasteiger partial charge is 0.497 e. The average Bonchev–Trinajstić information content (AvgIpc) is 2.89. The molecule has 30 heavy (non-hydrogen) atoms. The summed E-state index contributed by atoms with van der Waals surface area (Å²) in [6.07, 6.45) is 2.63. The van der Waals surface area contributed by atoms with E-state index in [-0.39, 0.29) is 22.8 Å². The number of benzene rings is 2. The van der Waals surface area contributed by atoms with E-state index in [0.717, 1.165) is 17.6 Å². The number of rotatable bonds is 6. The van der Waals surface area contributed by atoms with Gasteiger partial charge in [-0.3, -0.25) is 9.59 Å². The number of nitrogens with zero attached hydrogens (tertiary/aromatic N) is 1. The lowest BCUT2D eigenvalue weighted by Crippen LogP contribution is -2.36. The fourth-order valence-electron chi connectivity index (χ4n) is 3.48. The molecule has 0 aliphatic carbocycles. The van der Waals surface area contributed by atoms with Crippen LogP contribution in [0.15, 0.2) is 53.4 Å². The van der Waals surface area contributed by atoms with Gasteiger partial charge in [-0.15, -0.1) is 0 Å². The third kappa shape index (κ3) is 5.60. The summed E-state index contributed by atoms with van der Waals surface area (Å²) in [6.45, 7) is 1.03. The maximum absolute atomic E-state index is 12.6. The highest BCUT2D eigenvalue weighted by Crippen LogP contribution is 2.19. The van der Waals surface area contributed by atoms with Crippen LogP contribution < -0.4 is 10.1 Å². The zero-order chi connectivity index (χ0) is 21.7. The van der Waals surface area contributed by atoms with E-state index in [1.807, 2.05) is 24.3 Å². The fraction of sp³-hybridized carbons (Fsp3) is 0.364. The van der Waals surface area contributed by atoms with Gasteiger partial charge in [0.2, 0.25) is 5.91 Å². The van der Waals surface area contributed by atoms with Crippen LogP contribution in [0.2, 0.25) is 0 Å². The van der Waals surface area contributed by atoms with Crippen LogP contribution in [0.3, 0.4) is 0 Å². The first-order valence-electron chi connectivity index (χ1n) is 9.78. The summed E-state index contributed by atoms with van der Waals surface area (Å²) in [5.41, 5.74) is 1.28. The van der Waals surface area contributed by atoms with Crippen molar-refractivity contribution < 1.29 is 22.7 Å². The molecule has 1 aliphatic rings. The van der Waals surface area contributed by atoms with Crippen molar-refractivity contribution in [3.05, 3.63) is 59.7 Å². The number of sulfone groups is 1. The maximum Gasteiger partial charge on any atom is 0.251 e. The molecular weight excluding hydrogens is 404 g/mol. The van der Waals surface area contributed by atoms with Crippen molar-refractivity contribution in [2.24, 2.45) is 0 Å². The molecule has 0 spiro atoms. The summed E-state index contributed by atoms with van der Waals surface area (Å²) < 4.78 is 28.7. The van der Waals surface area contributed by atoms with E-state index >= 15 is 0 Å². The predicted octanol–water partition coefficient (Wildman–Crippen LogP) is 2.41. The number of hydrogen-bond donors (Lipinski definition) is 1. The van der Waals surface area contributed by atoms with Crippen LogP contribution in [0.1, 0.15) is 35.2 Å². The van der Waals surface area contributed by atoms with Crippen LogP contribution in [0, 0.1) is 0 Å². The van der Waals surface area contributed by atoms with Crippen molar-refractivity contribution in [2.75, 3.05) is 19.9 Å². The molecule has 1 heterocycles. The van der Waals surface area contributed by atoms with Crippen LogP contribution in [-0.4, -0.2) is 51.1 Å². The molecule has 0 saturated carbocycles. The third-order valence-electron chi connectivity index (χ3n) is 5.17. The van der Waals surface area contributed by atoms with Crippen LogP contribution in [0.25, 0.3) is 0 Å². The lowest BCUT2D eigenvalue weighted by molar-refractivity contribution is -0.131. The number of likely N-dealkylation sites (tertiary alicyclic amines) is 1. The Bertz CT molecular complexity index is 1040. The normalized spacial score (nSPS) is 17.3. The molecule has 7 nitrogen and oxygen atoms in total. The summed E-state index contributed by atoms with van der Waals surface area (Å²) in [5.74, 6) is 0.462. The number of carbonyl (C=O) groups is 2. The van der Waals surface area contributed by atoms with Gasteiger partial charge in [-0.25, -0.2) is 8.42 Å². The first-order chi connectivity index (χ1) is 14.3. The highest BCUT2D eigenvalue weighted by Gasteiger charge is 2.24. The number of nitrogens with one attached hydrogen (secondary N) is 1. The first-order valence-corrected chi connectivity index (χ1v) is 11.7. The minimum absolute atomic E-state index is 0.0497. The second-order valence-electron chi connectivity index (χ2n) is 7.46. The highest BCUT2D eigenvalue weighted by atomic mass is 32.2. The van der Waals surface area contributed by atoms with Gasteiger partial charge >= 0.3 is 0 Å². The Balaban J connectivity index is 1.63. The second-order valence-corrected chi connectivity index (χ2v) is 9.48. The molecule has 8 heteroatoms. The van der Waals surface area contributed by atoms with Crippen LogP contribution >= 0.6 is 0 Å². The first kappa shape index (κ1) is 21.8. The van der Waals surface area contributed by atoms with E-state index < -0.39 is 9.84 Å². The molecule has 1 aliphatic heterocycles. The molecule has 1 unspecified atom stereocenters. The van der Waals surface area contributed by atoms with Crippen LogP contribution in [-0.2, 0) is 21.2 Å². The number of methoxy groups -OCH3 is 1. The smallest absolute Gasteiger partial charge is 0.251 e. The van der Waals surface area contributed by atoms with E-state index in [4.69, 9.17) is 4.74 Å². The molecule has 1 fully saturated rings.